The van der Waals surface area contributed by atoms with E-state index in [4.69, 9.17) is 9.47 Å². The highest BCUT2D eigenvalue weighted by Gasteiger charge is 2.44. The Kier molecular flexibility index (Phi) is 54.4. The fourth-order valence-corrected chi connectivity index (χ4v) is 11.4. The summed E-state index contributed by atoms with van der Waals surface area (Å²) in [5, 5.41) is 54.6. The van der Waals surface area contributed by atoms with Crippen LogP contribution < -0.4 is 5.32 Å². The van der Waals surface area contributed by atoms with Crippen LogP contribution in [0.3, 0.4) is 0 Å². The number of hydrogen-bond acceptors (Lipinski definition) is 8. The fraction of sp³-hybridized carbons (Fsp3) is 0.985. The monoisotopic (exact) mass is 1070 g/mol. The molecule has 0 aliphatic carbocycles. The maximum absolute atomic E-state index is 13.1. The van der Waals surface area contributed by atoms with Gasteiger partial charge >= 0.3 is 0 Å². The average molecular weight is 1070 g/mol. The van der Waals surface area contributed by atoms with Crippen molar-refractivity contribution in [2.24, 2.45) is 0 Å². The topological polar surface area (TPSA) is 149 Å². The van der Waals surface area contributed by atoms with Gasteiger partial charge in [0.25, 0.3) is 0 Å². The van der Waals surface area contributed by atoms with Crippen LogP contribution in [-0.2, 0) is 14.3 Å². The zero-order valence-corrected chi connectivity index (χ0v) is 50.1. The number of carbonyl (C=O) groups excluding carboxylic acids is 1. The number of nitrogens with one attached hydrogen (secondary N) is 1. The molecule has 0 aromatic heterocycles. The second kappa shape index (κ2) is 56.5. The van der Waals surface area contributed by atoms with Crippen molar-refractivity contribution in [2.75, 3.05) is 13.2 Å². The third kappa shape index (κ3) is 45.6. The minimum atomic E-state index is -1.55. The second-order valence-electron chi connectivity index (χ2n) is 24.0. The number of aliphatic hydroxyl groups is 5. The van der Waals surface area contributed by atoms with Crippen LogP contribution in [0.5, 0.6) is 0 Å². The van der Waals surface area contributed by atoms with E-state index in [9.17, 15) is 30.3 Å². The first kappa shape index (κ1) is 72.2. The van der Waals surface area contributed by atoms with Crippen molar-refractivity contribution < 1.29 is 39.8 Å². The van der Waals surface area contributed by atoms with Gasteiger partial charge in [0.05, 0.1) is 25.4 Å². The highest BCUT2D eigenvalue weighted by Crippen LogP contribution is 2.24. The molecule has 1 heterocycles. The van der Waals surface area contributed by atoms with Gasteiger partial charge in [0.15, 0.2) is 6.29 Å². The predicted octanol–water partition coefficient (Wildman–Crippen LogP) is 17.8. The molecule has 7 unspecified atom stereocenters. The number of rotatable bonds is 60. The lowest BCUT2D eigenvalue weighted by Gasteiger charge is -2.40. The van der Waals surface area contributed by atoms with Gasteiger partial charge in [0.2, 0.25) is 5.91 Å². The van der Waals surface area contributed by atoms with E-state index in [0.29, 0.717) is 12.8 Å². The first-order chi connectivity index (χ1) is 36.8. The Hall–Kier alpha value is -0.810. The molecular formula is C66H131NO8. The fourth-order valence-electron chi connectivity index (χ4n) is 11.4. The highest BCUT2D eigenvalue weighted by molar-refractivity contribution is 5.76. The normalized spacial score (nSPS) is 18.7. The molecule has 448 valence electrons. The van der Waals surface area contributed by atoms with Crippen LogP contribution in [0.1, 0.15) is 361 Å². The van der Waals surface area contributed by atoms with Crippen LogP contribution in [0.2, 0.25) is 0 Å². The summed E-state index contributed by atoms with van der Waals surface area (Å²) in [7, 11) is 0. The van der Waals surface area contributed by atoms with Crippen LogP contribution in [0.4, 0.5) is 0 Å². The molecule has 0 bridgehead atoms. The molecule has 0 aromatic carbocycles. The first-order valence-corrected chi connectivity index (χ1v) is 33.7. The molecule has 0 aromatic rings. The molecule has 75 heavy (non-hydrogen) atoms. The lowest BCUT2D eigenvalue weighted by molar-refractivity contribution is -0.302. The van der Waals surface area contributed by atoms with E-state index in [0.717, 1.165) is 38.5 Å². The number of carbonyl (C=O) groups is 1. The summed E-state index contributed by atoms with van der Waals surface area (Å²) in [6.45, 7) is 3.87. The number of hydrogen-bond donors (Lipinski definition) is 6. The van der Waals surface area contributed by atoms with Crippen molar-refractivity contribution >= 4 is 5.91 Å². The van der Waals surface area contributed by atoms with Gasteiger partial charge in [-0.15, -0.1) is 0 Å². The molecule has 9 heteroatoms. The largest absolute Gasteiger partial charge is 0.394 e. The molecule has 1 amide bonds. The van der Waals surface area contributed by atoms with Gasteiger partial charge in [0.1, 0.15) is 24.4 Å². The van der Waals surface area contributed by atoms with Crippen LogP contribution in [-0.4, -0.2) is 87.5 Å². The van der Waals surface area contributed by atoms with Crippen LogP contribution in [0.15, 0.2) is 0 Å². The Morgan fingerprint density at radius 3 is 0.947 bits per heavy atom. The third-order valence-corrected chi connectivity index (χ3v) is 16.7. The smallest absolute Gasteiger partial charge is 0.220 e. The van der Waals surface area contributed by atoms with Gasteiger partial charge < -0.3 is 40.3 Å². The quantitative estimate of drug-likeness (QED) is 0.0330. The van der Waals surface area contributed by atoms with Crippen molar-refractivity contribution in [2.45, 2.75) is 403 Å². The number of ether oxygens (including phenoxy) is 2. The van der Waals surface area contributed by atoms with Crippen molar-refractivity contribution in [3.63, 3.8) is 0 Å². The average Bonchev–Trinajstić information content (AvgIpc) is 3.41. The van der Waals surface area contributed by atoms with E-state index in [1.54, 1.807) is 0 Å². The van der Waals surface area contributed by atoms with E-state index in [1.807, 2.05) is 0 Å². The lowest BCUT2D eigenvalue weighted by Crippen LogP contribution is -2.60. The van der Waals surface area contributed by atoms with Crippen LogP contribution >= 0.6 is 0 Å². The molecule has 7 atom stereocenters. The Morgan fingerprint density at radius 1 is 0.400 bits per heavy atom. The Morgan fingerprint density at radius 2 is 0.667 bits per heavy atom. The maximum Gasteiger partial charge on any atom is 0.220 e. The molecule has 1 saturated heterocycles. The number of aliphatic hydroxyl groups excluding tert-OH is 5. The second-order valence-corrected chi connectivity index (χ2v) is 24.0. The predicted molar refractivity (Wildman–Crippen MR) is 318 cm³/mol. The van der Waals surface area contributed by atoms with Gasteiger partial charge in [-0.2, -0.15) is 0 Å². The van der Waals surface area contributed by atoms with E-state index in [-0.39, 0.29) is 12.5 Å². The van der Waals surface area contributed by atoms with Gasteiger partial charge in [-0.25, -0.2) is 0 Å². The molecule has 1 aliphatic heterocycles. The molecule has 1 rings (SSSR count). The lowest BCUT2D eigenvalue weighted by atomic mass is 9.99. The maximum atomic E-state index is 13.1. The van der Waals surface area contributed by atoms with E-state index < -0.39 is 49.5 Å². The summed E-state index contributed by atoms with van der Waals surface area (Å²) in [6.07, 6.45) is 63.6. The molecule has 0 saturated carbocycles. The van der Waals surface area contributed by atoms with Crippen LogP contribution in [0.25, 0.3) is 0 Å². The summed E-state index contributed by atoms with van der Waals surface area (Å²) < 4.78 is 11.3. The van der Waals surface area contributed by atoms with Gasteiger partial charge in [-0.1, -0.05) is 341 Å². The molecule has 6 N–H and O–H groups in total. The van der Waals surface area contributed by atoms with Crippen molar-refractivity contribution in [3.8, 4) is 0 Å². The first-order valence-electron chi connectivity index (χ1n) is 33.7. The summed E-state index contributed by atoms with van der Waals surface area (Å²) >= 11 is 0. The molecule has 1 fully saturated rings. The van der Waals surface area contributed by atoms with E-state index in [2.05, 4.69) is 19.2 Å². The van der Waals surface area contributed by atoms with Crippen LogP contribution in [0, 0.1) is 0 Å². The van der Waals surface area contributed by atoms with Crippen molar-refractivity contribution in [1.29, 1.82) is 0 Å². The Balaban J connectivity index is 1.95. The van der Waals surface area contributed by atoms with Gasteiger partial charge in [-0.3, -0.25) is 4.79 Å². The molecule has 9 nitrogen and oxygen atoms in total. The zero-order chi connectivity index (χ0) is 54.3. The summed E-state index contributed by atoms with van der Waals surface area (Å²) in [4.78, 5) is 13.1. The Bertz CT molecular complexity index is 1140. The highest BCUT2D eigenvalue weighted by atomic mass is 16.7. The molecule has 0 radical (unpaired) electrons. The third-order valence-electron chi connectivity index (χ3n) is 16.7. The van der Waals surface area contributed by atoms with Crippen molar-refractivity contribution in [1.82, 2.24) is 5.32 Å². The van der Waals surface area contributed by atoms with Gasteiger partial charge in [0, 0.05) is 6.42 Å². The summed E-state index contributed by atoms with van der Waals surface area (Å²) in [5.41, 5.74) is 0. The number of unbranched alkanes of at least 4 members (excludes halogenated alkanes) is 50. The van der Waals surface area contributed by atoms with E-state index in [1.165, 1.54) is 295 Å². The van der Waals surface area contributed by atoms with Gasteiger partial charge in [-0.05, 0) is 12.8 Å². The zero-order valence-electron chi connectivity index (χ0n) is 50.1. The minimum Gasteiger partial charge on any atom is -0.394 e. The molecule has 0 spiro atoms. The van der Waals surface area contributed by atoms with E-state index >= 15 is 0 Å². The minimum absolute atomic E-state index is 0.132. The Labute approximate surface area is 465 Å². The van der Waals surface area contributed by atoms with Crippen molar-refractivity contribution in [3.05, 3.63) is 0 Å². The molecule has 1 aliphatic rings. The SMILES string of the molecule is CCCCCCCCCCCCCCCCCCCCCCCCCCCCCCCCCCCCCCCCCCCC(=O)NC(COC1OC(CO)C(O)C(O)C1O)C(O)CCCCCCCCCCCCC. The molecular weight excluding hydrogens is 935 g/mol. The summed E-state index contributed by atoms with van der Waals surface area (Å²) in [6, 6.07) is -0.712. The standard InChI is InChI=1S/C66H131NO8/c1-3-5-7-9-11-13-15-16-17-18-19-20-21-22-23-24-25-26-27-28-29-30-31-32-33-34-35-36-37-38-39-40-41-42-43-44-46-48-50-52-54-56-62(70)67-59(58-74-66-65(73)64(72)63(71)61(57-68)75-66)60(69)55-53-51-49-47-45-14-12-10-8-6-4-2/h59-61,63-66,68-69,71-73H,3-58H2,1-2H3,(H,67,70). The summed E-state index contributed by atoms with van der Waals surface area (Å²) in [5.74, 6) is -0.137. The number of amides is 1.